The predicted molar refractivity (Wildman–Crippen MR) is 108 cm³/mol. The van der Waals surface area contributed by atoms with Crippen LogP contribution in [-0.2, 0) is 14.3 Å². The molecule has 0 aromatic heterocycles. The van der Waals surface area contributed by atoms with Crippen LogP contribution in [0, 0.1) is 11.8 Å². The van der Waals surface area contributed by atoms with E-state index >= 15 is 0 Å². The first-order valence-electron chi connectivity index (χ1n) is 9.98. The molecule has 0 radical (unpaired) electrons. The van der Waals surface area contributed by atoms with Crippen LogP contribution in [0.2, 0.25) is 0 Å². The van der Waals surface area contributed by atoms with Crippen LogP contribution in [0.15, 0.2) is 24.3 Å². The summed E-state index contributed by atoms with van der Waals surface area (Å²) in [6.07, 6.45) is 2.80. The van der Waals surface area contributed by atoms with Crippen molar-refractivity contribution in [2.45, 2.75) is 46.1 Å². The van der Waals surface area contributed by atoms with Crippen LogP contribution < -0.4 is 16.0 Å². The maximum atomic E-state index is 12.3. The topological polar surface area (TPSA) is 96.5 Å². The molecule has 1 aliphatic heterocycles. The lowest BCUT2D eigenvalue weighted by Gasteiger charge is -2.28. The molecule has 0 saturated carbocycles. The van der Waals surface area contributed by atoms with Gasteiger partial charge in [-0.15, -0.1) is 0 Å². The van der Waals surface area contributed by atoms with Crippen LogP contribution >= 0.6 is 0 Å². The Morgan fingerprint density at radius 1 is 1.21 bits per heavy atom. The normalized spacial score (nSPS) is 18.6. The minimum atomic E-state index is -0.720. The van der Waals surface area contributed by atoms with Gasteiger partial charge in [0.15, 0.2) is 0 Å². The third-order valence-corrected chi connectivity index (χ3v) is 5.07. The lowest BCUT2D eigenvalue weighted by Crippen LogP contribution is -2.39. The lowest BCUT2D eigenvalue weighted by molar-refractivity contribution is -0.144. The Hall–Kier alpha value is -2.41. The highest BCUT2D eigenvalue weighted by molar-refractivity contribution is 5.97. The number of ether oxygens (including phenoxy) is 1. The standard InChI is InChI=1S/C21H31N3O4/c1-4-28-21(27)15(3)23-20(26)16-7-9-18(10-8-16)24-19(25)12-14(2)17-6-5-11-22-13-17/h7-10,14-15,17,22H,4-6,11-13H2,1-3H3,(H,23,26)(H,24,25). The molecular formula is C21H31N3O4. The summed E-state index contributed by atoms with van der Waals surface area (Å²) in [4.78, 5) is 36.1. The average molecular weight is 389 g/mol. The van der Waals surface area contributed by atoms with E-state index in [2.05, 4.69) is 22.9 Å². The molecule has 1 aromatic rings. The van der Waals surface area contributed by atoms with Gasteiger partial charge >= 0.3 is 5.97 Å². The quantitative estimate of drug-likeness (QED) is 0.593. The highest BCUT2D eigenvalue weighted by Crippen LogP contribution is 2.23. The van der Waals surface area contributed by atoms with Crippen LogP contribution in [0.25, 0.3) is 0 Å². The number of hydrogen-bond donors (Lipinski definition) is 3. The summed E-state index contributed by atoms with van der Waals surface area (Å²) in [6.45, 7) is 7.72. The number of carbonyl (C=O) groups excluding carboxylic acids is 3. The van der Waals surface area contributed by atoms with Gasteiger partial charge in [0.25, 0.3) is 5.91 Å². The number of esters is 1. The van der Waals surface area contributed by atoms with Crippen molar-refractivity contribution in [3.05, 3.63) is 29.8 Å². The second-order valence-corrected chi connectivity index (χ2v) is 7.36. The summed E-state index contributed by atoms with van der Waals surface area (Å²) in [5.74, 6) is -0.000692. The van der Waals surface area contributed by atoms with Crippen molar-refractivity contribution in [1.29, 1.82) is 0 Å². The molecule has 1 aromatic carbocycles. The van der Waals surface area contributed by atoms with Gasteiger partial charge in [0.1, 0.15) is 6.04 Å². The zero-order chi connectivity index (χ0) is 20.5. The van der Waals surface area contributed by atoms with Gasteiger partial charge in [0.05, 0.1) is 6.61 Å². The van der Waals surface area contributed by atoms with E-state index in [-0.39, 0.29) is 18.4 Å². The summed E-state index contributed by atoms with van der Waals surface area (Å²) in [7, 11) is 0. The molecule has 2 amide bonds. The highest BCUT2D eigenvalue weighted by atomic mass is 16.5. The Labute approximate surface area is 166 Å². The molecule has 2 rings (SSSR count). The summed E-state index contributed by atoms with van der Waals surface area (Å²) in [5, 5.41) is 8.87. The molecule has 3 atom stereocenters. The second-order valence-electron chi connectivity index (χ2n) is 7.36. The van der Waals surface area contributed by atoms with Gasteiger partial charge in [-0.05, 0) is 75.9 Å². The number of piperidine rings is 1. The van der Waals surface area contributed by atoms with Crippen LogP contribution in [0.5, 0.6) is 0 Å². The molecule has 28 heavy (non-hydrogen) atoms. The van der Waals surface area contributed by atoms with E-state index in [1.165, 1.54) is 0 Å². The zero-order valence-corrected chi connectivity index (χ0v) is 16.9. The monoisotopic (exact) mass is 389 g/mol. The van der Waals surface area contributed by atoms with Gasteiger partial charge in [-0.2, -0.15) is 0 Å². The second kappa shape index (κ2) is 10.8. The Balaban J connectivity index is 1.83. The van der Waals surface area contributed by atoms with Crippen LogP contribution in [0.1, 0.15) is 50.4 Å². The van der Waals surface area contributed by atoms with E-state index in [1.54, 1.807) is 38.1 Å². The van der Waals surface area contributed by atoms with E-state index in [0.717, 1.165) is 25.9 Å². The molecule has 1 saturated heterocycles. The van der Waals surface area contributed by atoms with Crippen molar-refractivity contribution >= 4 is 23.5 Å². The Morgan fingerprint density at radius 2 is 1.93 bits per heavy atom. The van der Waals surface area contributed by atoms with Crippen molar-refractivity contribution in [2.24, 2.45) is 11.8 Å². The molecular weight excluding hydrogens is 358 g/mol. The molecule has 1 heterocycles. The molecule has 1 aliphatic rings. The Morgan fingerprint density at radius 3 is 2.54 bits per heavy atom. The Bertz CT molecular complexity index is 669. The van der Waals surface area contributed by atoms with Crippen molar-refractivity contribution in [2.75, 3.05) is 25.0 Å². The summed E-state index contributed by atoms with van der Waals surface area (Å²) >= 11 is 0. The average Bonchev–Trinajstić information content (AvgIpc) is 2.69. The Kier molecular flexibility index (Phi) is 8.44. The van der Waals surface area contributed by atoms with Gasteiger partial charge in [-0.25, -0.2) is 4.79 Å². The van der Waals surface area contributed by atoms with E-state index in [0.29, 0.717) is 29.5 Å². The minimum Gasteiger partial charge on any atom is -0.464 e. The first-order chi connectivity index (χ1) is 13.4. The number of nitrogens with one attached hydrogen (secondary N) is 3. The zero-order valence-electron chi connectivity index (χ0n) is 16.9. The number of carbonyl (C=O) groups is 3. The maximum Gasteiger partial charge on any atom is 0.328 e. The SMILES string of the molecule is CCOC(=O)C(C)NC(=O)c1ccc(NC(=O)CC(C)C2CCCNC2)cc1. The van der Waals surface area contributed by atoms with Gasteiger partial charge < -0.3 is 20.7 Å². The molecule has 7 nitrogen and oxygen atoms in total. The van der Waals surface area contributed by atoms with Crippen LogP contribution in [-0.4, -0.2) is 43.5 Å². The fourth-order valence-electron chi connectivity index (χ4n) is 3.35. The number of hydrogen-bond acceptors (Lipinski definition) is 5. The van der Waals surface area contributed by atoms with Crippen LogP contribution in [0.3, 0.4) is 0 Å². The lowest BCUT2D eigenvalue weighted by atomic mass is 9.85. The van der Waals surface area contributed by atoms with Gasteiger partial charge in [-0.1, -0.05) is 6.92 Å². The first-order valence-corrected chi connectivity index (χ1v) is 9.98. The van der Waals surface area contributed by atoms with E-state index in [9.17, 15) is 14.4 Å². The van der Waals surface area contributed by atoms with Crippen LogP contribution in [0.4, 0.5) is 5.69 Å². The smallest absolute Gasteiger partial charge is 0.328 e. The first kappa shape index (κ1) is 21.9. The number of anilines is 1. The number of rotatable bonds is 8. The minimum absolute atomic E-state index is 0.0220. The van der Waals surface area contributed by atoms with Gasteiger partial charge in [0, 0.05) is 17.7 Å². The predicted octanol–water partition coefficient (Wildman–Crippen LogP) is 2.33. The molecule has 7 heteroatoms. The number of amides is 2. The van der Waals surface area contributed by atoms with E-state index < -0.39 is 12.0 Å². The van der Waals surface area contributed by atoms with Crippen molar-refractivity contribution in [3.8, 4) is 0 Å². The van der Waals surface area contributed by atoms with E-state index in [4.69, 9.17) is 4.74 Å². The van der Waals surface area contributed by atoms with Gasteiger partial charge in [-0.3, -0.25) is 9.59 Å². The molecule has 154 valence electrons. The summed E-state index contributed by atoms with van der Waals surface area (Å²) < 4.78 is 4.87. The third-order valence-electron chi connectivity index (χ3n) is 5.07. The fourth-order valence-corrected chi connectivity index (χ4v) is 3.35. The third kappa shape index (κ3) is 6.64. The molecule has 0 aliphatic carbocycles. The van der Waals surface area contributed by atoms with Crippen molar-refractivity contribution in [3.63, 3.8) is 0 Å². The molecule has 3 N–H and O–H groups in total. The van der Waals surface area contributed by atoms with Crippen molar-refractivity contribution in [1.82, 2.24) is 10.6 Å². The molecule has 3 unspecified atom stereocenters. The van der Waals surface area contributed by atoms with Gasteiger partial charge in [0.2, 0.25) is 5.91 Å². The largest absolute Gasteiger partial charge is 0.464 e. The van der Waals surface area contributed by atoms with E-state index in [1.807, 2.05) is 0 Å². The molecule has 0 bridgehead atoms. The molecule has 1 fully saturated rings. The maximum absolute atomic E-state index is 12.3. The highest BCUT2D eigenvalue weighted by Gasteiger charge is 2.22. The summed E-state index contributed by atoms with van der Waals surface area (Å²) in [6, 6.07) is 5.90. The number of benzene rings is 1. The fraction of sp³-hybridized carbons (Fsp3) is 0.571. The van der Waals surface area contributed by atoms with Crippen molar-refractivity contribution < 1.29 is 19.1 Å². The summed E-state index contributed by atoms with van der Waals surface area (Å²) in [5.41, 5.74) is 1.06. The molecule has 0 spiro atoms.